The number of hydrogen-bond donors (Lipinski definition) is 0. The Hall–Kier alpha value is -2.86. The van der Waals surface area contributed by atoms with E-state index in [9.17, 15) is 9.59 Å². The fourth-order valence-corrected chi connectivity index (χ4v) is 2.91. The number of carbonyl (C=O) groups excluding carboxylic acids is 1. The average molecular weight is 368 g/mol. The molecule has 0 N–H and O–H groups in total. The highest BCUT2D eigenvalue weighted by Crippen LogP contribution is 2.35. The van der Waals surface area contributed by atoms with Crippen LogP contribution in [0, 0.1) is 0 Å². The molecule has 0 unspecified atom stereocenters. The highest BCUT2D eigenvalue weighted by molar-refractivity contribution is 6.08. The summed E-state index contributed by atoms with van der Waals surface area (Å²) >= 11 is 0. The molecular formula is C21H24N2O4. The molecule has 0 radical (unpaired) electrons. The molecule has 1 atom stereocenters. The van der Waals surface area contributed by atoms with E-state index in [1.807, 2.05) is 57.1 Å². The Morgan fingerprint density at radius 2 is 1.81 bits per heavy atom. The first kappa shape index (κ1) is 18.9. The number of ether oxygens (including phenoxy) is 1. The van der Waals surface area contributed by atoms with Gasteiger partial charge in [-0.1, -0.05) is 18.2 Å². The van der Waals surface area contributed by atoms with Crippen molar-refractivity contribution in [1.29, 1.82) is 0 Å². The molecule has 1 amide bonds. The maximum atomic E-state index is 12.4. The first-order valence-corrected chi connectivity index (χ1v) is 8.92. The third kappa shape index (κ3) is 3.53. The number of carbonyl (C=O) groups is 1. The van der Waals surface area contributed by atoms with E-state index in [2.05, 4.69) is 0 Å². The van der Waals surface area contributed by atoms with E-state index >= 15 is 0 Å². The Kier molecular flexibility index (Phi) is 5.19. The van der Waals surface area contributed by atoms with Gasteiger partial charge in [0.2, 0.25) is 0 Å². The monoisotopic (exact) mass is 368 g/mol. The lowest BCUT2D eigenvalue weighted by molar-refractivity contribution is 0.165. The molecule has 1 aromatic heterocycles. The Balaban J connectivity index is 2.32. The SMILES string of the molecule is CCN(C)C(=O)Oc1cc([C@H](C)N(C)C)cc2oc(=O)c3ccccc3c12. The van der Waals surface area contributed by atoms with Crippen molar-refractivity contribution in [3.8, 4) is 5.75 Å². The van der Waals surface area contributed by atoms with Gasteiger partial charge in [0.1, 0.15) is 11.3 Å². The fraction of sp³-hybridized carbons (Fsp3) is 0.333. The highest BCUT2D eigenvalue weighted by Gasteiger charge is 2.20. The van der Waals surface area contributed by atoms with E-state index < -0.39 is 11.7 Å². The third-order valence-electron chi connectivity index (χ3n) is 4.95. The molecule has 0 aliphatic heterocycles. The molecule has 0 bridgehead atoms. The molecule has 0 saturated heterocycles. The zero-order valence-electron chi connectivity index (χ0n) is 16.3. The molecule has 0 saturated carbocycles. The third-order valence-corrected chi connectivity index (χ3v) is 4.95. The minimum Gasteiger partial charge on any atom is -0.422 e. The Morgan fingerprint density at radius 1 is 1.15 bits per heavy atom. The van der Waals surface area contributed by atoms with Gasteiger partial charge >= 0.3 is 11.7 Å². The first-order chi connectivity index (χ1) is 12.8. The second-order valence-corrected chi connectivity index (χ2v) is 6.85. The van der Waals surface area contributed by atoms with Gasteiger partial charge in [-0.15, -0.1) is 0 Å². The normalized spacial score (nSPS) is 12.5. The largest absolute Gasteiger partial charge is 0.422 e. The predicted octanol–water partition coefficient (Wildman–Crippen LogP) is 4.02. The predicted molar refractivity (Wildman–Crippen MR) is 106 cm³/mol. The second kappa shape index (κ2) is 7.40. The standard InChI is InChI=1S/C21H24N2O4/c1-6-23(5)21(25)27-18-12-14(13(2)22(3)4)11-17-19(18)15-9-7-8-10-16(15)20(24)26-17/h7-13H,6H2,1-5H3/t13-/m0/s1. The van der Waals surface area contributed by atoms with Gasteiger partial charge in [-0.3, -0.25) is 0 Å². The van der Waals surface area contributed by atoms with Crippen LogP contribution in [0.3, 0.4) is 0 Å². The summed E-state index contributed by atoms with van der Waals surface area (Å²) in [5.74, 6) is 0.390. The molecule has 1 heterocycles. The van der Waals surface area contributed by atoms with E-state index in [0.717, 1.165) is 5.56 Å². The van der Waals surface area contributed by atoms with Crippen LogP contribution >= 0.6 is 0 Å². The summed E-state index contributed by atoms with van der Waals surface area (Å²) in [6.07, 6.45) is -0.455. The minimum atomic E-state index is -0.455. The van der Waals surface area contributed by atoms with Crippen LogP contribution in [0.2, 0.25) is 0 Å². The van der Waals surface area contributed by atoms with Crippen LogP contribution in [0.15, 0.2) is 45.6 Å². The number of fused-ring (bicyclic) bond motifs is 3. The van der Waals surface area contributed by atoms with Crippen LogP contribution in [0.1, 0.15) is 25.5 Å². The Bertz CT molecular complexity index is 1060. The summed E-state index contributed by atoms with van der Waals surface area (Å²) in [5.41, 5.74) is 0.899. The lowest BCUT2D eigenvalue weighted by Gasteiger charge is -2.22. The number of rotatable bonds is 4. The van der Waals surface area contributed by atoms with Crippen LogP contribution in [0.5, 0.6) is 5.75 Å². The molecule has 3 aromatic rings. The maximum absolute atomic E-state index is 12.4. The summed E-state index contributed by atoms with van der Waals surface area (Å²) in [5, 5.41) is 1.78. The topological polar surface area (TPSA) is 63.0 Å². The van der Waals surface area contributed by atoms with Gasteiger partial charge in [-0.05, 0) is 51.7 Å². The maximum Gasteiger partial charge on any atom is 0.414 e. The number of hydrogen-bond acceptors (Lipinski definition) is 5. The Labute approximate surface area is 157 Å². The van der Waals surface area contributed by atoms with E-state index in [0.29, 0.717) is 34.0 Å². The summed E-state index contributed by atoms with van der Waals surface area (Å²) in [7, 11) is 5.60. The van der Waals surface area contributed by atoms with Crippen molar-refractivity contribution < 1.29 is 13.9 Å². The molecule has 142 valence electrons. The van der Waals surface area contributed by atoms with Crippen molar-refractivity contribution in [3.63, 3.8) is 0 Å². The van der Waals surface area contributed by atoms with E-state index in [4.69, 9.17) is 9.15 Å². The van der Waals surface area contributed by atoms with Crippen molar-refractivity contribution in [2.75, 3.05) is 27.7 Å². The fourth-order valence-electron chi connectivity index (χ4n) is 2.91. The molecule has 3 rings (SSSR count). The zero-order chi connectivity index (χ0) is 19.7. The van der Waals surface area contributed by atoms with Gasteiger partial charge in [-0.2, -0.15) is 0 Å². The molecule has 27 heavy (non-hydrogen) atoms. The molecule has 2 aromatic carbocycles. The van der Waals surface area contributed by atoms with Crippen molar-refractivity contribution in [2.24, 2.45) is 0 Å². The van der Waals surface area contributed by atoms with Crippen LogP contribution in [-0.4, -0.2) is 43.6 Å². The van der Waals surface area contributed by atoms with Crippen LogP contribution < -0.4 is 10.4 Å². The second-order valence-electron chi connectivity index (χ2n) is 6.85. The summed E-state index contributed by atoms with van der Waals surface area (Å²) in [6, 6.07) is 10.9. The zero-order valence-corrected chi connectivity index (χ0v) is 16.3. The van der Waals surface area contributed by atoms with Crippen LogP contribution in [-0.2, 0) is 0 Å². The summed E-state index contributed by atoms with van der Waals surface area (Å²) < 4.78 is 11.3. The van der Waals surface area contributed by atoms with Gasteiger partial charge in [0.15, 0.2) is 0 Å². The van der Waals surface area contributed by atoms with E-state index in [1.165, 1.54) is 4.90 Å². The molecule has 6 nitrogen and oxygen atoms in total. The minimum absolute atomic E-state index is 0.0486. The van der Waals surface area contributed by atoms with Crippen molar-refractivity contribution in [1.82, 2.24) is 9.80 Å². The summed E-state index contributed by atoms with van der Waals surface area (Å²) in [4.78, 5) is 28.3. The molecule has 0 aliphatic rings. The molecule has 6 heteroatoms. The van der Waals surface area contributed by atoms with Crippen molar-refractivity contribution in [3.05, 3.63) is 52.4 Å². The van der Waals surface area contributed by atoms with E-state index in [-0.39, 0.29) is 6.04 Å². The highest BCUT2D eigenvalue weighted by atomic mass is 16.6. The van der Waals surface area contributed by atoms with Gasteiger partial charge in [-0.25, -0.2) is 9.59 Å². The van der Waals surface area contributed by atoms with Crippen LogP contribution in [0.4, 0.5) is 4.79 Å². The van der Waals surface area contributed by atoms with Crippen molar-refractivity contribution in [2.45, 2.75) is 19.9 Å². The van der Waals surface area contributed by atoms with Gasteiger partial charge in [0.05, 0.1) is 10.8 Å². The van der Waals surface area contributed by atoms with Crippen LogP contribution in [0.25, 0.3) is 21.7 Å². The van der Waals surface area contributed by atoms with Gasteiger partial charge < -0.3 is 19.0 Å². The molecule has 0 spiro atoms. The summed E-state index contributed by atoms with van der Waals surface area (Å²) in [6.45, 7) is 4.43. The first-order valence-electron chi connectivity index (χ1n) is 8.92. The van der Waals surface area contributed by atoms with Gasteiger partial charge in [0, 0.05) is 25.0 Å². The number of amides is 1. The lowest BCUT2D eigenvalue weighted by atomic mass is 10.0. The average Bonchev–Trinajstić information content (AvgIpc) is 2.66. The molecule has 0 fully saturated rings. The molecule has 0 aliphatic carbocycles. The quantitative estimate of drug-likeness (QED) is 0.514. The van der Waals surface area contributed by atoms with Gasteiger partial charge in [0.25, 0.3) is 0 Å². The smallest absolute Gasteiger partial charge is 0.414 e. The number of benzene rings is 2. The molecular weight excluding hydrogens is 344 g/mol. The lowest BCUT2D eigenvalue weighted by Crippen LogP contribution is -2.29. The number of nitrogens with zero attached hydrogens (tertiary/aromatic N) is 2. The Morgan fingerprint density at radius 3 is 2.44 bits per heavy atom. The van der Waals surface area contributed by atoms with Crippen molar-refractivity contribution >= 4 is 27.8 Å². The van der Waals surface area contributed by atoms with E-state index in [1.54, 1.807) is 19.2 Å².